The maximum Gasteiger partial charge on any atom is 0.414 e. The molecule has 0 bridgehead atoms. The summed E-state index contributed by atoms with van der Waals surface area (Å²) in [6, 6.07) is 0.346. The lowest BCUT2D eigenvalue weighted by atomic mass is 10.4. The third-order valence-corrected chi connectivity index (χ3v) is 3.10. The van der Waals surface area contributed by atoms with E-state index in [-0.39, 0.29) is 6.61 Å². The molecule has 0 radical (unpaired) electrons. The first-order valence-corrected chi connectivity index (χ1v) is 6.52. The molecular weight excluding hydrogens is 265 g/mol. The molecule has 3 nitrogen and oxygen atoms in total. The number of ether oxygens (including phenoxy) is 1. The maximum atomic E-state index is 12.2. The summed E-state index contributed by atoms with van der Waals surface area (Å²) in [7, 11) is 0. The van der Waals surface area contributed by atoms with E-state index >= 15 is 0 Å². The van der Waals surface area contributed by atoms with Gasteiger partial charge in [0.1, 0.15) is 5.01 Å². The number of nitrogens with one attached hydrogen (secondary N) is 1. The van der Waals surface area contributed by atoms with Crippen LogP contribution in [0.5, 0.6) is 0 Å². The van der Waals surface area contributed by atoms with Crippen LogP contribution in [-0.2, 0) is 17.9 Å². The van der Waals surface area contributed by atoms with Crippen LogP contribution in [0.1, 0.15) is 31.5 Å². The van der Waals surface area contributed by atoms with Gasteiger partial charge >= 0.3 is 6.18 Å². The number of hydrogen-bond acceptors (Lipinski definition) is 4. The van der Waals surface area contributed by atoms with Gasteiger partial charge in [0, 0.05) is 18.0 Å². The topological polar surface area (TPSA) is 34.2 Å². The molecule has 7 heteroatoms. The lowest BCUT2D eigenvalue weighted by molar-refractivity contribution is -0.217. The molecule has 0 fully saturated rings. The van der Waals surface area contributed by atoms with Crippen molar-refractivity contribution < 1.29 is 17.9 Å². The molecule has 0 spiro atoms. The molecule has 1 aromatic heterocycles. The highest BCUT2D eigenvalue weighted by Gasteiger charge is 2.36. The molecule has 0 aliphatic rings. The largest absolute Gasteiger partial charge is 0.414 e. The highest BCUT2D eigenvalue weighted by molar-refractivity contribution is 7.09. The number of nitrogens with zero attached hydrogens (tertiary/aromatic N) is 1. The summed E-state index contributed by atoms with van der Waals surface area (Å²) >= 11 is 1.42. The summed E-state index contributed by atoms with van der Waals surface area (Å²) in [6.07, 6.45) is -6.09. The first kappa shape index (κ1) is 15.4. The molecule has 0 aromatic carbocycles. The van der Waals surface area contributed by atoms with E-state index in [1.807, 2.05) is 13.8 Å². The van der Waals surface area contributed by atoms with E-state index in [2.05, 4.69) is 10.3 Å². The van der Waals surface area contributed by atoms with E-state index in [1.165, 1.54) is 11.3 Å². The fraction of sp³-hybridized carbons (Fsp3) is 0.727. The molecular formula is C11H17F3N2OS. The van der Waals surface area contributed by atoms with Crippen molar-refractivity contribution in [2.45, 2.75) is 52.2 Å². The standard InChI is InChI=1S/C11H17F3N2OS/c1-7(2)15-4-10-16-9(6-18-10)5-17-8(3)11(12,13)14/h6-8,15H,4-5H2,1-3H3. The van der Waals surface area contributed by atoms with Crippen LogP contribution in [0.4, 0.5) is 13.2 Å². The summed E-state index contributed by atoms with van der Waals surface area (Å²) in [5.74, 6) is 0. The van der Waals surface area contributed by atoms with Crippen molar-refractivity contribution in [3.63, 3.8) is 0 Å². The molecule has 104 valence electrons. The molecule has 1 heterocycles. The third-order valence-electron chi connectivity index (χ3n) is 2.20. The van der Waals surface area contributed by atoms with Crippen molar-refractivity contribution in [3.05, 3.63) is 16.1 Å². The number of thiazole rings is 1. The highest BCUT2D eigenvalue weighted by atomic mass is 32.1. The van der Waals surface area contributed by atoms with Gasteiger partial charge in [-0.1, -0.05) is 13.8 Å². The molecule has 1 rings (SSSR count). The predicted molar refractivity (Wildman–Crippen MR) is 64.4 cm³/mol. The van der Waals surface area contributed by atoms with E-state index in [0.29, 0.717) is 18.3 Å². The Morgan fingerprint density at radius 3 is 2.61 bits per heavy atom. The van der Waals surface area contributed by atoms with Crippen LogP contribution >= 0.6 is 11.3 Å². The first-order valence-electron chi connectivity index (χ1n) is 5.64. The summed E-state index contributed by atoms with van der Waals surface area (Å²) in [5, 5.41) is 5.76. The van der Waals surface area contributed by atoms with Crippen LogP contribution in [0, 0.1) is 0 Å². The molecule has 0 amide bonds. The average Bonchev–Trinajstić information content (AvgIpc) is 2.69. The van der Waals surface area contributed by atoms with Crippen molar-refractivity contribution in [2.24, 2.45) is 0 Å². The van der Waals surface area contributed by atoms with Crippen LogP contribution < -0.4 is 5.32 Å². The van der Waals surface area contributed by atoms with Crippen molar-refractivity contribution in [2.75, 3.05) is 0 Å². The quantitative estimate of drug-likeness (QED) is 0.870. The van der Waals surface area contributed by atoms with E-state index in [1.54, 1.807) is 5.38 Å². The second-order valence-electron chi connectivity index (χ2n) is 4.26. The molecule has 1 unspecified atom stereocenters. The van der Waals surface area contributed by atoms with Crippen molar-refractivity contribution in [3.8, 4) is 0 Å². The Hall–Kier alpha value is -0.660. The number of hydrogen-bond donors (Lipinski definition) is 1. The fourth-order valence-electron chi connectivity index (χ4n) is 1.09. The van der Waals surface area contributed by atoms with Crippen LogP contribution in [0.15, 0.2) is 5.38 Å². The Balaban J connectivity index is 2.40. The monoisotopic (exact) mass is 282 g/mol. The maximum absolute atomic E-state index is 12.2. The molecule has 0 saturated heterocycles. The minimum Gasteiger partial charge on any atom is -0.363 e. The molecule has 18 heavy (non-hydrogen) atoms. The van der Waals surface area contributed by atoms with Crippen molar-refractivity contribution in [1.82, 2.24) is 10.3 Å². The first-order chi connectivity index (χ1) is 8.29. The van der Waals surface area contributed by atoms with Gasteiger partial charge in [-0.25, -0.2) is 4.98 Å². The minimum absolute atomic E-state index is 0.112. The van der Waals surface area contributed by atoms with Crippen LogP contribution in [-0.4, -0.2) is 23.3 Å². The summed E-state index contributed by atoms with van der Waals surface area (Å²) < 4.78 is 41.4. The molecule has 0 aliphatic carbocycles. The second-order valence-corrected chi connectivity index (χ2v) is 5.21. The predicted octanol–water partition coefficient (Wildman–Crippen LogP) is 3.11. The van der Waals surface area contributed by atoms with Gasteiger partial charge in [-0.2, -0.15) is 13.2 Å². The smallest absolute Gasteiger partial charge is 0.363 e. The number of rotatable bonds is 6. The summed E-state index contributed by atoms with van der Waals surface area (Å²) in [5.41, 5.74) is 0.539. The van der Waals surface area contributed by atoms with Gasteiger partial charge in [-0.15, -0.1) is 11.3 Å². The normalized spacial score (nSPS) is 14.2. The van der Waals surface area contributed by atoms with Gasteiger partial charge in [0.2, 0.25) is 0 Å². The van der Waals surface area contributed by atoms with Gasteiger partial charge < -0.3 is 10.1 Å². The van der Waals surface area contributed by atoms with Gasteiger partial charge in [-0.05, 0) is 6.92 Å². The van der Waals surface area contributed by atoms with Crippen LogP contribution in [0.25, 0.3) is 0 Å². The Kier molecular flexibility index (Phi) is 5.55. The van der Waals surface area contributed by atoms with E-state index < -0.39 is 12.3 Å². The molecule has 1 atom stereocenters. The van der Waals surface area contributed by atoms with Crippen LogP contribution in [0.3, 0.4) is 0 Å². The van der Waals surface area contributed by atoms with Gasteiger partial charge in [0.15, 0.2) is 6.10 Å². The number of aromatic nitrogens is 1. The average molecular weight is 282 g/mol. The Morgan fingerprint density at radius 1 is 1.39 bits per heavy atom. The molecule has 1 aromatic rings. The summed E-state index contributed by atoms with van der Waals surface area (Å²) in [6.45, 7) is 5.54. The minimum atomic E-state index is -4.32. The summed E-state index contributed by atoms with van der Waals surface area (Å²) in [4.78, 5) is 4.20. The third kappa shape index (κ3) is 5.32. The zero-order valence-electron chi connectivity index (χ0n) is 10.5. The zero-order valence-corrected chi connectivity index (χ0v) is 11.4. The van der Waals surface area contributed by atoms with Crippen molar-refractivity contribution in [1.29, 1.82) is 0 Å². The Labute approximate surface area is 108 Å². The van der Waals surface area contributed by atoms with E-state index in [4.69, 9.17) is 4.74 Å². The Bertz CT molecular complexity index is 365. The molecule has 1 N–H and O–H groups in total. The van der Waals surface area contributed by atoms with Gasteiger partial charge in [0.05, 0.1) is 12.3 Å². The number of halogens is 3. The van der Waals surface area contributed by atoms with E-state index in [0.717, 1.165) is 11.9 Å². The lowest BCUT2D eigenvalue weighted by Crippen LogP contribution is -2.28. The lowest BCUT2D eigenvalue weighted by Gasteiger charge is -2.15. The SMILES string of the molecule is CC(C)NCc1nc(COC(C)C(F)(F)F)cs1. The molecule has 0 aliphatic heterocycles. The second kappa shape index (κ2) is 6.49. The number of alkyl halides is 3. The highest BCUT2D eigenvalue weighted by Crippen LogP contribution is 2.23. The fourth-order valence-corrected chi connectivity index (χ4v) is 1.82. The van der Waals surface area contributed by atoms with E-state index in [9.17, 15) is 13.2 Å². The molecule has 0 saturated carbocycles. The zero-order chi connectivity index (χ0) is 13.8. The Morgan fingerprint density at radius 2 is 2.06 bits per heavy atom. The van der Waals surface area contributed by atoms with Crippen molar-refractivity contribution >= 4 is 11.3 Å². The van der Waals surface area contributed by atoms with Gasteiger partial charge in [0.25, 0.3) is 0 Å². The van der Waals surface area contributed by atoms with Gasteiger partial charge in [-0.3, -0.25) is 0 Å². The van der Waals surface area contributed by atoms with Crippen LogP contribution in [0.2, 0.25) is 0 Å².